The maximum absolute atomic E-state index is 6.04. The largest absolute Gasteiger partial charge is 0.345 e. The van der Waals surface area contributed by atoms with Crippen LogP contribution in [-0.2, 0) is 15.9 Å². The third-order valence-electron chi connectivity index (χ3n) is 3.75. The molecule has 1 aromatic heterocycles. The van der Waals surface area contributed by atoms with Gasteiger partial charge in [-0.25, -0.2) is 0 Å². The average molecular weight is 281 g/mol. The minimum atomic E-state index is -0.484. The zero-order chi connectivity index (χ0) is 14.4. The van der Waals surface area contributed by atoms with Crippen molar-refractivity contribution in [2.45, 2.75) is 83.7 Å². The van der Waals surface area contributed by atoms with Crippen LogP contribution in [0.25, 0.3) is 0 Å². The zero-order valence-electron chi connectivity index (χ0n) is 12.9. The summed E-state index contributed by atoms with van der Waals surface area (Å²) < 4.78 is 12.0. The fraction of sp³-hybridized carbons (Fsp3) is 0.867. The molecule has 0 bridgehead atoms. The van der Waals surface area contributed by atoms with E-state index in [2.05, 4.69) is 22.3 Å². The summed E-state index contributed by atoms with van der Waals surface area (Å²) in [5.74, 6) is -0.484. The number of H-pyrrole nitrogens is 1. The van der Waals surface area contributed by atoms with Crippen molar-refractivity contribution in [2.24, 2.45) is 0 Å². The van der Waals surface area contributed by atoms with Crippen molar-refractivity contribution in [3.8, 4) is 0 Å². The topological polar surface area (TPSA) is 60.0 Å². The third-order valence-corrected chi connectivity index (χ3v) is 3.75. The van der Waals surface area contributed by atoms with Crippen LogP contribution in [0, 0.1) is 0 Å². The second-order valence-electron chi connectivity index (χ2n) is 6.08. The number of ether oxygens (including phenoxy) is 2. The van der Waals surface area contributed by atoms with Gasteiger partial charge in [0.15, 0.2) is 5.79 Å². The molecule has 2 atom stereocenters. The summed E-state index contributed by atoms with van der Waals surface area (Å²) >= 11 is 0. The van der Waals surface area contributed by atoms with Crippen LogP contribution in [0.2, 0.25) is 0 Å². The van der Waals surface area contributed by atoms with Gasteiger partial charge in [0.1, 0.15) is 0 Å². The van der Waals surface area contributed by atoms with E-state index in [0.717, 1.165) is 18.5 Å². The van der Waals surface area contributed by atoms with E-state index in [1.165, 1.54) is 32.1 Å². The first kappa shape index (κ1) is 15.4. The molecule has 5 heteroatoms. The van der Waals surface area contributed by atoms with Gasteiger partial charge in [-0.1, -0.05) is 39.0 Å². The molecule has 1 aromatic rings. The van der Waals surface area contributed by atoms with Crippen LogP contribution in [0.1, 0.15) is 65.0 Å². The van der Waals surface area contributed by atoms with E-state index in [4.69, 9.17) is 9.47 Å². The third kappa shape index (κ3) is 4.56. The highest BCUT2D eigenvalue weighted by molar-refractivity contribution is 4.97. The number of hydrogen-bond acceptors (Lipinski definition) is 4. The highest BCUT2D eigenvalue weighted by atomic mass is 16.7. The van der Waals surface area contributed by atoms with Gasteiger partial charge in [0.25, 0.3) is 0 Å². The molecule has 2 heterocycles. The van der Waals surface area contributed by atoms with Gasteiger partial charge in [0.2, 0.25) is 0 Å². The molecular formula is C15H27N3O2. The van der Waals surface area contributed by atoms with Gasteiger partial charge in [-0.05, 0) is 20.3 Å². The molecule has 0 spiro atoms. The summed E-state index contributed by atoms with van der Waals surface area (Å²) in [7, 11) is 0. The monoisotopic (exact) mass is 281 g/mol. The Morgan fingerprint density at radius 3 is 2.60 bits per heavy atom. The molecule has 0 saturated carbocycles. The molecule has 1 aliphatic rings. The molecular weight excluding hydrogens is 254 g/mol. The van der Waals surface area contributed by atoms with Gasteiger partial charge in [0, 0.05) is 6.42 Å². The summed E-state index contributed by atoms with van der Waals surface area (Å²) in [6, 6.07) is 0. The minimum Gasteiger partial charge on any atom is -0.345 e. The predicted octanol–water partition coefficient (Wildman–Crippen LogP) is 3.23. The Bertz CT molecular complexity index is 378. The Morgan fingerprint density at radius 1 is 1.15 bits per heavy atom. The van der Waals surface area contributed by atoms with E-state index in [9.17, 15) is 0 Å². The quantitative estimate of drug-likeness (QED) is 0.743. The van der Waals surface area contributed by atoms with Crippen molar-refractivity contribution in [2.75, 3.05) is 0 Å². The lowest BCUT2D eigenvalue weighted by molar-refractivity contribution is -0.146. The van der Waals surface area contributed by atoms with Gasteiger partial charge < -0.3 is 9.47 Å². The molecule has 0 radical (unpaired) electrons. The van der Waals surface area contributed by atoms with Gasteiger partial charge >= 0.3 is 0 Å². The van der Waals surface area contributed by atoms with Crippen LogP contribution < -0.4 is 0 Å². The van der Waals surface area contributed by atoms with Gasteiger partial charge in [-0.15, -0.1) is 0 Å². The number of nitrogens with one attached hydrogen (secondary N) is 1. The first-order chi connectivity index (χ1) is 9.61. The van der Waals surface area contributed by atoms with E-state index in [0.29, 0.717) is 0 Å². The maximum Gasteiger partial charge on any atom is 0.163 e. The second kappa shape index (κ2) is 7.18. The van der Waals surface area contributed by atoms with Crippen LogP contribution in [0.15, 0.2) is 6.20 Å². The second-order valence-corrected chi connectivity index (χ2v) is 6.08. The Balaban J connectivity index is 1.81. The molecule has 0 aliphatic carbocycles. The van der Waals surface area contributed by atoms with E-state index < -0.39 is 5.79 Å². The molecule has 5 nitrogen and oxygen atoms in total. The summed E-state index contributed by atoms with van der Waals surface area (Å²) in [5, 5.41) is 10.6. The molecule has 0 amide bonds. The summed E-state index contributed by atoms with van der Waals surface area (Å²) in [6.07, 6.45) is 10.3. The first-order valence-corrected chi connectivity index (χ1v) is 7.81. The Kier molecular flexibility index (Phi) is 5.54. The first-order valence-electron chi connectivity index (χ1n) is 7.81. The fourth-order valence-corrected chi connectivity index (χ4v) is 2.81. The molecule has 0 unspecified atom stereocenters. The summed E-state index contributed by atoms with van der Waals surface area (Å²) in [6.45, 7) is 6.21. The van der Waals surface area contributed by atoms with Crippen LogP contribution >= 0.6 is 0 Å². The lowest BCUT2D eigenvalue weighted by Gasteiger charge is -2.16. The highest BCUT2D eigenvalue weighted by Gasteiger charge is 2.40. The maximum atomic E-state index is 6.04. The molecule has 20 heavy (non-hydrogen) atoms. The van der Waals surface area contributed by atoms with Crippen molar-refractivity contribution in [1.29, 1.82) is 0 Å². The van der Waals surface area contributed by atoms with Crippen molar-refractivity contribution in [3.05, 3.63) is 11.9 Å². The van der Waals surface area contributed by atoms with Crippen LogP contribution in [0.4, 0.5) is 0 Å². The molecule has 1 N–H and O–H groups in total. The average Bonchev–Trinajstić information content (AvgIpc) is 2.98. The normalized spacial score (nSPS) is 25.1. The van der Waals surface area contributed by atoms with E-state index in [1.807, 2.05) is 13.8 Å². The smallest absolute Gasteiger partial charge is 0.163 e. The lowest BCUT2D eigenvalue weighted by Crippen LogP contribution is -2.25. The zero-order valence-corrected chi connectivity index (χ0v) is 12.9. The summed E-state index contributed by atoms with van der Waals surface area (Å²) in [5.41, 5.74) is 0.937. The van der Waals surface area contributed by atoms with Crippen molar-refractivity contribution in [3.63, 3.8) is 0 Å². The number of rotatable bonds is 8. The molecule has 0 aromatic carbocycles. The molecule has 114 valence electrons. The van der Waals surface area contributed by atoms with Crippen molar-refractivity contribution in [1.82, 2.24) is 15.4 Å². The van der Waals surface area contributed by atoms with E-state index >= 15 is 0 Å². The molecule has 1 saturated heterocycles. The van der Waals surface area contributed by atoms with Crippen molar-refractivity contribution < 1.29 is 9.47 Å². The van der Waals surface area contributed by atoms with E-state index in [-0.39, 0.29) is 12.2 Å². The molecule has 2 rings (SSSR count). The van der Waals surface area contributed by atoms with E-state index in [1.54, 1.807) is 6.20 Å². The molecule has 1 aliphatic heterocycles. The van der Waals surface area contributed by atoms with Gasteiger partial charge in [0.05, 0.1) is 24.1 Å². The van der Waals surface area contributed by atoms with Gasteiger partial charge in [-0.2, -0.15) is 15.4 Å². The SMILES string of the molecule is CCCCCCC[C@@H]1OC(C)(C)O[C@H]1Cc1cn[nH]n1. The Hall–Kier alpha value is -0.940. The van der Waals surface area contributed by atoms with Crippen molar-refractivity contribution >= 4 is 0 Å². The van der Waals surface area contributed by atoms with Crippen LogP contribution in [-0.4, -0.2) is 33.4 Å². The standard InChI is InChI=1S/C15H27N3O2/c1-4-5-6-7-8-9-13-14(20-15(2,3)19-13)10-12-11-16-18-17-12/h11,13-14H,4-10H2,1-3H3,(H,16,17,18)/t13-,14-/m0/s1. The number of aromatic amines is 1. The molecule has 1 fully saturated rings. The minimum absolute atomic E-state index is 0.0845. The predicted molar refractivity (Wildman–Crippen MR) is 77.3 cm³/mol. The van der Waals surface area contributed by atoms with Crippen LogP contribution in [0.5, 0.6) is 0 Å². The van der Waals surface area contributed by atoms with Crippen LogP contribution in [0.3, 0.4) is 0 Å². The highest BCUT2D eigenvalue weighted by Crippen LogP contribution is 2.32. The Labute approximate surface area is 121 Å². The van der Waals surface area contributed by atoms with Gasteiger partial charge in [-0.3, -0.25) is 0 Å². The summed E-state index contributed by atoms with van der Waals surface area (Å²) in [4.78, 5) is 0. The number of hydrogen-bond donors (Lipinski definition) is 1. The fourth-order valence-electron chi connectivity index (χ4n) is 2.81. The number of aromatic nitrogens is 3. The number of nitrogens with zero attached hydrogens (tertiary/aromatic N) is 2. The Morgan fingerprint density at radius 2 is 1.90 bits per heavy atom. The number of unbranched alkanes of at least 4 members (excludes halogenated alkanes) is 4. The lowest BCUT2D eigenvalue weighted by atomic mass is 10.0.